The Morgan fingerprint density at radius 3 is 2.66 bits per heavy atom. The van der Waals surface area contributed by atoms with E-state index in [1.54, 1.807) is 42.5 Å². The van der Waals surface area contributed by atoms with Gasteiger partial charge in [0.25, 0.3) is 0 Å². The maximum absolute atomic E-state index is 13.9. The summed E-state index contributed by atoms with van der Waals surface area (Å²) in [5, 5.41) is 0. The Kier molecular flexibility index (Phi) is 6.66. The molecule has 7 heteroatoms. The van der Waals surface area contributed by atoms with E-state index in [1.807, 2.05) is 31.2 Å². The Hall–Kier alpha value is -3.45. The maximum atomic E-state index is 13.9. The van der Waals surface area contributed by atoms with Gasteiger partial charge < -0.3 is 14.2 Å². The van der Waals surface area contributed by atoms with Crippen LogP contribution >= 0.6 is 15.9 Å². The summed E-state index contributed by atoms with van der Waals surface area (Å²) in [6.45, 7) is 2.35. The Morgan fingerprint density at radius 1 is 1.03 bits per heavy atom. The molecular weight excluding hydrogens is 477 g/mol. The van der Waals surface area contributed by atoms with Crippen LogP contribution in [0.5, 0.6) is 11.5 Å². The number of carbonyl (C=O) groups excluding carboxylic acids is 1. The summed E-state index contributed by atoms with van der Waals surface area (Å²) in [6.07, 6.45) is 1.62. The fourth-order valence-electron chi connectivity index (χ4n) is 3.08. The van der Waals surface area contributed by atoms with Gasteiger partial charge in [0.15, 0.2) is 17.2 Å². The van der Waals surface area contributed by atoms with Crippen LogP contribution in [0, 0.1) is 5.82 Å². The van der Waals surface area contributed by atoms with Gasteiger partial charge in [-0.1, -0.05) is 46.3 Å². The number of ether oxygens (including phenoxy) is 3. The van der Waals surface area contributed by atoms with Gasteiger partial charge in [-0.3, -0.25) is 0 Å². The average Bonchev–Trinajstić information content (AvgIpc) is 3.15. The molecule has 5 nitrogen and oxygen atoms in total. The minimum atomic E-state index is -0.530. The number of rotatable bonds is 7. The lowest BCUT2D eigenvalue weighted by Crippen LogP contribution is -2.05. The Labute approximate surface area is 193 Å². The largest absolute Gasteiger partial charge is 0.490 e. The Balaban J connectivity index is 1.57. The molecule has 0 amide bonds. The summed E-state index contributed by atoms with van der Waals surface area (Å²) in [5.41, 5.74) is 2.02. The lowest BCUT2D eigenvalue weighted by molar-refractivity contribution is -0.129. The predicted molar refractivity (Wildman–Crippen MR) is 123 cm³/mol. The van der Waals surface area contributed by atoms with Crippen LogP contribution in [-0.2, 0) is 16.1 Å². The van der Waals surface area contributed by atoms with Crippen molar-refractivity contribution in [1.29, 1.82) is 0 Å². The monoisotopic (exact) mass is 495 g/mol. The van der Waals surface area contributed by atoms with Crippen molar-refractivity contribution >= 4 is 33.9 Å². The molecular formula is C25H19BrFNO4. The van der Waals surface area contributed by atoms with Crippen LogP contribution in [0.15, 0.2) is 81.9 Å². The molecule has 1 aliphatic rings. The number of nitrogens with zero attached hydrogens (tertiary/aromatic N) is 1. The van der Waals surface area contributed by atoms with E-state index in [0.29, 0.717) is 34.8 Å². The van der Waals surface area contributed by atoms with Gasteiger partial charge in [-0.05, 0) is 55.0 Å². The molecule has 4 rings (SSSR count). The van der Waals surface area contributed by atoms with Gasteiger partial charge >= 0.3 is 5.97 Å². The molecule has 0 fully saturated rings. The summed E-state index contributed by atoms with van der Waals surface area (Å²) in [7, 11) is 0. The highest BCUT2D eigenvalue weighted by molar-refractivity contribution is 9.10. The Morgan fingerprint density at radius 2 is 1.88 bits per heavy atom. The second kappa shape index (κ2) is 9.78. The quantitative estimate of drug-likeness (QED) is 0.302. The van der Waals surface area contributed by atoms with Crippen molar-refractivity contribution in [2.24, 2.45) is 4.99 Å². The van der Waals surface area contributed by atoms with Gasteiger partial charge in [-0.2, -0.15) is 0 Å². The number of esters is 1. The Bertz CT molecular complexity index is 1220. The zero-order valence-corrected chi connectivity index (χ0v) is 18.8. The van der Waals surface area contributed by atoms with Gasteiger partial charge in [0.05, 0.1) is 6.61 Å². The van der Waals surface area contributed by atoms with Crippen molar-refractivity contribution in [3.05, 3.63) is 99.4 Å². The van der Waals surface area contributed by atoms with Crippen molar-refractivity contribution in [1.82, 2.24) is 0 Å². The first kappa shape index (κ1) is 21.8. The van der Waals surface area contributed by atoms with Crippen LogP contribution in [-0.4, -0.2) is 18.5 Å². The third-order valence-corrected chi connectivity index (χ3v) is 5.10. The highest BCUT2D eigenvalue weighted by atomic mass is 79.9. The third kappa shape index (κ3) is 5.06. The maximum Gasteiger partial charge on any atom is 0.363 e. The first-order valence-corrected chi connectivity index (χ1v) is 10.7. The van der Waals surface area contributed by atoms with Crippen LogP contribution in [0.25, 0.3) is 6.08 Å². The normalized spacial score (nSPS) is 14.3. The van der Waals surface area contributed by atoms with Crippen molar-refractivity contribution in [3.63, 3.8) is 0 Å². The van der Waals surface area contributed by atoms with E-state index in [2.05, 4.69) is 20.9 Å². The molecule has 0 radical (unpaired) electrons. The number of aliphatic imine (C=N–C) groups is 1. The number of carbonyl (C=O) groups is 1. The van der Waals surface area contributed by atoms with Gasteiger partial charge in [0.2, 0.25) is 5.90 Å². The van der Waals surface area contributed by atoms with Crippen LogP contribution in [0.2, 0.25) is 0 Å². The first-order valence-electron chi connectivity index (χ1n) is 9.95. The van der Waals surface area contributed by atoms with E-state index in [4.69, 9.17) is 14.2 Å². The predicted octanol–water partition coefficient (Wildman–Crippen LogP) is 5.91. The van der Waals surface area contributed by atoms with Crippen molar-refractivity contribution < 1.29 is 23.4 Å². The van der Waals surface area contributed by atoms with Gasteiger partial charge in [-0.15, -0.1) is 0 Å². The summed E-state index contributed by atoms with van der Waals surface area (Å²) in [6, 6.07) is 19.0. The molecule has 0 spiro atoms. The molecule has 1 aliphatic heterocycles. The second-order valence-electron chi connectivity index (χ2n) is 6.87. The standard InChI is InChI=1S/C25H19BrFNO4/c1-2-30-23-13-16(10-11-22(23)31-15-18-6-3-4-9-20(18)27)12-21-25(29)32-24(28-21)17-7-5-8-19(26)14-17/h3-14H,2,15H2,1H3/b21-12-. The molecule has 32 heavy (non-hydrogen) atoms. The van der Waals surface area contributed by atoms with E-state index in [9.17, 15) is 9.18 Å². The summed E-state index contributed by atoms with van der Waals surface area (Å²) < 4.78 is 31.5. The molecule has 0 aromatic heterocycles. The molecule has 0 unspecified atom stereocenters. The fraction of sp³-hybridized carbons (Fsp3) is 0.120. The molecule has 162 valence electrons. The smallest absolute Gasteiger partial charge is 0.363 e. The number of benzene rings is 3. The van der Waals surface area contributed by atoms with Crippen LogP contribution in [0.4, 0.5) is 4.39 Å². The lowest BCUT2D eigenvalue weighted by Gasteiger charge is -2.13. The van der Waals surface area contributed by atoms with Crippen molar-refractivity contribution in [2.45, 2.75) is 13.5 Å². The lowest BCUT2D eigenvalue weighted by atomic mass is 10.1. The number of cyclic esters (lactones) is 1. The fourth-order valence-corrected chi connectivity index (χ4v) is 3.48. The molecule has 0 saturated heterocycles. The van der Waals surface area contributed by atoms with Crippen LogP contribution < -0.4 is 9.47 Å². The van der Waals surface area contributed by atoms with Gasteiger partial charge in [0, 0.05) is 15.6 Å². The molecule has 0 bridgehead atoms. The zero-order valence-electron chi connectivity index (χ0n) is 17.2. The molecule has 0 atom stereocenters. The van der Waals surface area contributed by atoms with E-state index < -0.39 is 5.97 Å². The first-order chi connectivity index (χ1) is 15.5. The number of hydrogen-bond acceptors (Lipinski definition) is 5. The molecule has 0 N–H and O–H groups in total. The molecule has 1 heterocycles. The molecule has 3 aromatic carbocycles. The number of halogens is 2. The van der Waals surface area contributed by atoms with Gasteiger partial charge in [0.1, 0.15) is 12.4 Å². The zero-order chi connectivity index (χ0) is 22.5. The molecule has 0 aliphatic carbocycles. The third-order valence-electron chi connectivity index (χ3n) is 4.60. The minimum absolute atomic E-state index is 0.0692. The van der Waals surface area contributed by atoms with Crippen LogP contribution in [0.3, 0.4) is 0 Å². The SMILES string of the molecule is CCOc1cc(/C=C2\N=C(c3cccc(Br)c3)OC2=O)ccc1OCc1ccccc1F. The van der Waals surface area contributed by atoms with Crippen LogP contribution in [0.1, 0.15) is 23.6 Å². The summed E-state index contributed by atoms with van der Waals surface area (Å²) in [4.78, 5) is 16.6. The van der Waals surface area contributed by atoms with Gasteiger partial charge in [-0.25, -0.2) is 14.2 Å². The average molecular weight is 496 g/mol. The molecule has 0 saturated carbocycles. The van der Waals surface area contributed by atoms with E-state index in [0.717, 1.165) is 4.47 Å². The second-order valence-corrected chi connectivity index (χ2v) is 7.78. The molecule has 3 aromatic rings. The van der Waals surface area contributed by atoms with Crippen molar-refractivity contribution in [3.8, 4) is 11.5 Å². The topological polar surface area (TPSA) is 57.1 Å². The van der Waals surface area contributed by atoms with E-state index in [-0.39, 0.29) is 24.0 Å². The number of hydrogen-bond donors (Lipinski definition) is 0. The highest BCUT2D eigenvalue weighted by Crippen LogP contribution is 2.31. The summed E-state index contributed by atoms with van der Waals surface area (Å²) >= 11 is 3.40. The highest BCUT2D eigenvalue weighted by Gasteiger charge is 2.24. The summed E-state index contributed by atoms with van der Waals surface area (Å²) in [5.74, 6) is 0.353. The van der Waals surface area contributed by atoms with Crippen molar-refractivity contribution in [2.75, 3.05) is 6.61 Å². The van der Waals surface area contributed by atoms with E-state index in [1.165, 1.54) is 6.07 Å². The van der Waals surface area contributed by atoms with E-state index >= 15 is 0 Å². The minimum Gasteiger partial charge on any atom is -0.490 e.